The van der Waals surface area contributed by atoms with Crippen LogP contribution >= 0.6 is 0 Å². The lowest BCUT2D eigenvalue weighted by molar-refractivity contribution is 0.103. The molecule has 0 saturated carbocycles. The molecule has 3 rings (SSSR count). The third-order valence-corrected chi connectivity index (χ3v) is 4.22. The van der Waals surface area contributed by atoms with Crippen molar-refractivity contribution in [2.45, 2.75) is 19.9 Å². The van der Waals surface area contributed by atoms with Gasteiger partial charge in [-0.05, 0) is 48.6 Å². The van der Waals surface area contributed by atoms with Gasteiger partial charge in [-0.15, -0.1) is 0 Å². The number of benzene rings is 2. The van der Waals surface area contributed by atoms with Crippen molar-refractivity contribution in [2.75, 3.05) is 0 Å². The van der Waals surface area contributed by atoms with E-state index in [9.17, 15) is 14.0 Å². The van der Waals surface area contributed by atoms with Crippen LogP contribution in [-0.2, 0) is 0 Å². The molecule has 1 aromatic heterocycles. The molecule has 0 aliphatic heterocycles. The Labute approximate surface area is 138 Å². The van der Waals surface area contributed by atoms with Gasteiger partial charge in [-0.1, -0.05) is 18.2 Å². The average molecular weight is 324 g/mol. The first-order valence-corrected chi connectivity index (χ1v) is 7.61. The molecule has 0 unspecified atom stereocenters. The van der Waals surface area contributed by atoms with Crippen LogP contribution in [0, 0.1) is 12.7 Å². The number of pyridine rings is 1. The molecule has 0 aliphatic rings. The molecule has 0 saturated heterocycles. The summed E-state index contributed by atoms with van der Waals surface area (Å²) in [5, 5.41) is 0.896. The van der Waals surface area contributed by atoms with Crippen LogP contribution in [0.25, 0.3) is 10.8 Å². The van der Waals surface area contributed by atoms with Crippen molar-refractivity contribution in [3.63, 3.8) is 0 Å². The van der Waals surface area contributed by atoms with Crippen molar-refractivity contribution in [3.05, 3.63) is 81.0 Å². The van der Waals surface area contributed by atoms with Crippen LogP contribution < -0.4 is 11.3 Å². The van der Waals surface area contributed by atoms with Gasteiger partial charge in [0, 0.05) is 23.2 Å². The highest BCUT2D eigenvalue weighted by molar-refractivity contribution is 6.16. The summed E-state index contributed by atoms with van der Waals surface area (Å²) in [4.78, 5) is 27.3. The summed E-state index contributed by atoms with van der Waals surface area (Å²) < 4.78 is 14.7. The van der Waals surface area contributed by atoms with Crippen molar-refractivity contribution in [1.82, 2.24) is 4.98 Å². The van der Waals surface area contributed by atoms with Gasteiger partial charge in [-0.3, -0.25) is 9.59 Å². The first-order valence-electron chi connectivity index (χ1n) is 7.61. The molecule has 0 bridgehead atoms. The van der Waals surface area contributed by atoms with E-state index in [0.29, 0.717) is 27.5 Å². The standard InChI is InChI=1S/C19H17FN2O2/c1-10-12(11(2)21)6-7-16(17(10)20)18(23)14-4-3-5-15-13(14)8-9-22-19(15)24/h3-9,11H,21H2,1-2H3,(H,22,24)/t11-/m1/s1. The number of aromatic amines is 1. The minimum Gasteiger partial charge on any atom is -0.329 e. The number of H-pyrrole nitrogens is 1. The summed E-state index contributed by atoms with van der Waals surface area (Å²) in [5.41, 5.74) is 6.84. The maximum absolute atomic E-state index is 14.7. The quantitative estimate of drug-likeness (QED) is 0.726. The Hall–Kier alpha value is -2.79. The topological polar surface area (TPSA) is 76.0 Å². The van der Waals surface area contributed by atoms with E-state index in [1.165, 1.54) is 12.3 Å². The smallest absolute Gasteiger partial charge is 0.255 e. The second-order valence-corrected chi connectivity index (χ2v) is 5.83. The largest absolute Gasteiger partial charge is 0.329 e. The minimum atomic E-state index is -0.573. The Balaban J connectivity index is 2.19. The first-order chi connectivity index (χ1) is 11.4. The molecular formula is C19H17FN2O2. The van der Waals surface area contributed by atoms with Gasteiger partial charge in [0.1, 0.15) is 5.82 Å². The molecule has 3 aromatic rings. The van der Waals surface area contributed by atoms with Gasteiger partial charge in [0.25, 0.3) is 5.56 Å². The van der Waals surface area contributed by atoms with Crippen LogP contribution in [-0.4, -0.2) is 10.8 Å². The monoisotopic (exact) mass is 324 g/mol. The zero-order valence-electron chi connectivity index (χ0n) is 13.4. The van der Waals surface area contributed by atoms with Crippen molar-refractivity contribution < 1.29 is 9.18 Å². The Morgan fingerprint density at radius 3 is 2.58 bits per heavy atom. The van der Waals surface area contributed by atoms with Gasteiger partial charge >= 0.3 is 0 Å². The molecule has 0 fully saturated rings. The third-order valence-electron chi connectivity index (χ3n) is 4.22. The molecule has 5 heteroatoms. The van der Waals surface area contributed by atoms with E-state index in [2.05, 4.69) is 4.98 Å². The summed E-state index contributed by atoms with van der Waals surface area (Å²) in [6, 6.07) is 9.30. The molecule has 0 radical (unpaired) electrons. The first kappa shape index (κ1) is 16.1. The summed E-state index contributed by atoms with van der Waals surface area (Å²) in [6.07, 6.45) is 1.47. The molecule has 0 amide bonds. The second kappa shape index (κ2) is 6.02. The lowest BCUT2D eigenvalue weighted by atomic mass is 9.93. The number of aromatic nitrogens is 1. The van der Waals surface area contributed by atoms with Crippen LogP contribution in [0.5, 0.6) is 0 Å². The fraction of sp³-hybridized carbons (Fsp3) is 0.158. The van der Waals surface area contributed by atoms with E-state index in [1.54, 1.807) is 44.2 Å². The molecule has 0 aliphatic carbocycles. The highest BCUT2D eigenvalue weighted by Gasteiger charge is 2.20. The SMILES string of the molecule is Cc1c([C@@H](C)N)ccc(C(=O)c2cccc3c(=O)[nH]ccc23)c1F. The van der Waals surface area contributed by atoms with Crippen molar-refractivity contribution in [3.8, 4) is 0 Å². The summed E-state index contributed by atoms with van der Waals surface area (Å²) >= 11 is 0. The predicted molar refractivity (Wildman–Crippen MR) is 91.7 cm³/mol. The molecule has 122 valence electrons. The predicted octanol–water partition coefficient (Wildman–Crippen LogP) is 3.23. The number of hydrogen-bond acceptors (Lipinski definition) is 3. The Morgan fingerprint density at radius 1 is 1.12 bits per heavy atom. The molecular weight excluding hydrogens is 307 g/mol. The number of hydrogen-bond donors (Lipinski definition) is 2. The number of ketones is 1. The highest BCUT2D eigenvalue weighted by Crippen LogP contribution is 2.25. The Kier molecular flexibility index (Phi) is 4.03. The molecule has 2 aromatic carbocycles. The number of nitrogens with two attached hydrogens (primary N) is 1. The van der Waals surface area contributed by atoms with E-state index < -0.39 is 11.6 Å². The van der Waals surface area contributed by atoms with Crippen molar-refractivity contribution in [1.29, 1.82) is 0 Å². The molecule has 24 heavy (non-hydrogen) atoms. The number of halogens is 1. The maximum atomic E-state index is 14.7. The van der Waals surface area contributed by atoms with Gasteiger partial charge in [-0.2, -0.15) is 0 Å². The lowest BCUT2D eigenvalue weighted by Crippen LogP contribution is -2.13. The van der Waals surface area contributed by atoms with E-state index in [0.717, 1.165) is 0 Å². The average Bonchev–Trinajstić information content (AvgIpc) is 2.56. The van der Waals surface area contributed by atoms with Gasteiger partial charge in [0.15, 0.2) is 5.78 Å². The fourth-order valence-electron chi connectivity index (χ4n) is 2.93. The third kappa shape index (κ3) is 2.53. The van der Waals surface area contributed by atoms with Crippen molar-refractivity contribution in [2.24, 2.45) is 5.73 Å². The van der Waals surface area contributed by atoms with E-state index in [4.69, 9.17) is 5.73 Å². The number of carbonyl (C=O) groups excluding carboxylic acids is 1. The summed E-state index contributed by atoms with van der Waals surface area (Å²) in [5.74, 6) is -1.03. The van der Waals surface area contributed by atoms with Crippen LogP contribution in [0.2, 0.25) is 0 Å². The lowest BCUT2D eigenvalue weighted by Gasteiger charge is -2.13. The van der Waals surface area contributed by atoms with Crippen LogP contribution in [0.15, 0.2) is 47.4 Å². The van der Waals surface area contributed by atoms with E-state index >= 15 is 0 Å². The summed E-state index contributed by atoms with van der Waals surface area (Å²) in [6.45, 7) is 3.37. The van der Waals surface area contributed by atoms with Gasteiger partial charge in [-0.25, -0.2) is 4.39 Å². The minimum absolute atomic E-state index is 0.0234. The van der Waals surface area contributed by atoms with Gasteiger partial charge in [0.2, 0.25) is 0 Å². The molecule has 0 spiro atoms. The number of rotatable bonds is 3. The Bertz CT molecular complexity index is 1010. The second-order valence-electron chi connectivity index (χ2n) is 5.83. The van der Waals surface area contributed by atoms with Gasteiger partial charge < -0.3 is 10.7 Å². The molecule has 4 nitrogen and oxygen atoms in total. The zero-order valence-corrected chi connectivity index (χ0v) is 13.4. The number of fused-ring (bicyclic) bond motifs is 1. The molecule has 3 N–H and O–H groups in total. The normalized spacial score (nSPS) is 12.3. The Morgan fingerprint density at radius 2 is 1.88 bits per heavy atom. The maximum Gasteiger partial charge on any atom is 0.255 e. The molecule has 1 heterocycles. The van der Waals surface area contributed by atoms with Crippen molar-refractivity contribution >= 4 is 16.6 Å². The molecule has 1 atom stereocenters. The zero-order chi connectivity index (χ0) is 17.4. The van der Waals surface area contributed by atoms with E-state index in [-0.39, 0.29) is 17.2 Å². The summed E-state index contributed by atoms with van der Waals surface area (Å²) in [7, 11) is 0. The van der Waals surface area contributed by atoms with Crippen LogP contribution in [0.3, 0.4) is 0 Å². The fourth-order valence-corrected chi connectivity index (χ4v) is 2.93. The van der Waals surface area contributed by atoms with Crippen LogP contribution in [0.4, 0.5) is 4.39 Å². The van der Waals surface area contributed by atoms with Gasteiger partial charge in [0.05, 0.1) is 5.56 Å². The number of carbonyl (C=O) groups is 1. The highest BCUT2D eigenvalue weighted by atomic mass is 19.1. The number of nitrogens with one attached hydrogen (secondary N) is 1. The van der Waals surface area contributed by atoms with Crippen LogP contribution in [0.1, 0.15) is 40.0 Å². The van der Waals surface area contributed by atoms with E-state index in [1.807, 2.05) is 0 Å².